The Hall–Kier alpha value is -3.11. The van der Waals surface area contributed by atoms with E-state index >= 15 is 0 Å². The monoisotopic (exact) mass is 503 g/mol. The van der Waals surface area contributed by atoms with E-state index in [0.29, 0.717) is 5.92 Å². The van der Waals surface area contributed by atoms with Crippen molar-refractivity contribution in [3.05, 3.63) is 39.4 Å². The van der Waals surface area contributed by atoms with Gasteiger partial charge in [-0.1, -0.05) is 43.6 Å². The first kappa shape index (κ1) is 69.9. The van der Waals surface area contributed by atoms with Crippen molar-refractivity contribution in [3.8, 4) is 0 Å². The van der Waals surface area contributed by atoms with Gasteiger partial charge in [-0.2, -0.15) is 0 Å². The smallest absolute Gasteiger partial charge is 0.512 e. The molecule has 33 heavy (non-hydrogen) atoms. The van der Waals surface area contributed by atoms with E-state index in [1.807, 2.05) is 0 Å². The van der Waals surface area contributed by atoms with E-state index in [1.165, 1.54) is 19.5 Å². The Balaban J connectivity index is -0.0000000277. The quantitative estimate of drug-likeness (QED) is 0.318. The van der Waals surface area contributed by atoms with Gasteiger partial charge in [-0.3, -0.25) is 4.79 Å². The van der Waals surface area contributed by atoms with Gasteiger partial charge in [-0.25, -0.2) is 0 Å². The van der Waals surface area contributed by atoms with Crippen LogP contribution in [0.15, 0.2) is 0 Å². The van der Waals surface area contributed by atoms with Crippen LogP contribution >= 0.6 is 0 Å². The van der Waals surface area contributed by atoms with Crippen LogP contribution in [0.2, 0.25) is 0 Å². The summed E-state index contributed by atoms with van der Waals surface area (Å²) in [5.41, 5.74) is 5.44. The van der Waals surface area contributed by atoms with Crippen molar-refractivity contribution in [2.75, 3.05) is 27.2 Å². The Morgan fingerprint density at radius 2 is 1.06 bits per heavy atom. The molecule has 1 saturated heterocycles. The molecule has 1 fully saturated rings. The number of likely N-dealkylation sites (tertiary alicyclic amines) is 1. The summed E-state index contributed by atoms with van der Waals surface area (Å²) in [6, 6.07) is 0. The summed E-state index contributed by atoms with van der Waals surface area (Å²) in [6.45, 7) is 35.3. The fraction of sp³-hybridized carbons (Fsp3) is 0.696. The van der Waals surface area contributed by atoms with Gasteiger partial charge in [0.1, 0.15) is 0 Å². The Bertz CT molecular complexity index is 436. The van der Waals surface area contributed by atoms with Crippen LogP contribution in [0.1, 0.15) is 62.8 Å². The van der Waals surface area contributed by atoms with Gasteiger partial charge in [-0.05, 0) is 19.3 Å². The molecule has 0 aliphatic carbocycles. The number of hydrogen-bond acceptors (Lipinski definition) is 7. The standard InChI is InChI=1S/C13H26N2O.6CN.4CH4.Fe/c1-5-10(13(14)16)7-12-9-15(3,4)8-11(12)6-2;6*1-2;;;;;/h10-12H,5-9H2,1-4H3,(H-,14,16);;;;;;;4*1H4;/q;6*-1;;;;;+6/p+1. The van der Waals surface area contributed by atoms with Crippen molar-refractivity contribution in [2.24, 2.45) is 23.5 Å². The molecule has 3 atom stereocenters. The predicted molar refractivity (Wildman–Crippen MR) is 123 cm³/mol. The van der Waals surface area contributed by atoms with Crippen LogP contribution in [-0.2, 0) is 21.9 Å². The summed E-state index contributed by atoms with van der Waals surface area (Å²) in [6.07, 6.45) is 3.10. The summed E-state index contributed by atoms with van der Waals surface area (Å²) < 4.78 is 1.10. The van der Waals surface area contributed by atoms with E-state index in [2.05, 4.69) is 27.9 Å². The molecular weight excluding hydrogens is 460 g/mol. The topological polar surface area (TPSA) is 186 Å². The molecule has 3 unspecified atom stereocenters. The molecule has 2 N–H and O–H groups in total. The number of nitrogens with zero attached hydrogens (tertiary/aromatic N) is 7. The molecular formula is C23H43FeN8O+. The largest absolute Gasteiger partial charge is 6.00 e. The maximum Gasteiger partial charge on any atom is 6.00 e. The minimum atomic E-state index is -0.116. The Labute approximate surface area is 216 Å². The Morgan fingerprint density at radius 1 is 0.788 bits per heavy atom. The number of carbonyl (C=O) groups is 1. The molecule has 0 aromatic heterocycles. The number of rotatable bonds is 5. The van der Waals surface area contributed by atoms with E-state index in [9.17, 15) is 4.79 Å². The zero-order chi connectivity index (χ0) is 24.3. The van der Waals surface area contributed by atoms with Crippen molar-refractivity contribution in [3.63, 3.8) is 0 Å². The van der Waals surface area contributed by atoms with Crippen LogP contribution in [-0.4, -0.2) is 37.6 Å². The van der Waals surface area contributed by atoms with Gasteiger partial charge in [0.05, 0.1) is 27.2 Å². The summed E-state index contributed by atoms with van der Waals surface area (Å²) >= 11 is 0. The van der Waals surface area contributed by atoms with Gasteiger partial charge in [-0.15, -0.1) is 0 Å². The molecule has 0 aromatic carbocycles. The van der Waals surface area contributed by atoms with E-state index in [0.717, 1.165) is 23.2 Å². The summed E-state index contributed by atoms with van der Waals surface area (Å²) in [5, 5.41) is 37.5. The second-order valence-corrected chi connectivity index (χ2v) is 5.97. The van der Waals surface area contributed by atoms with Crippen LogP contribution in [0, 0.1) is 88.8 Å². The molecule has 1 heterocycles. The van der Waals surface area contributed by atoms with Crippen LogP contribution < -0.4 is 5.73 Å². The van der Waals surface area contributed by atoms with Gasteiger partial charge < -0.3 is 81.2 Å². The van der Waals surface area contributed by atoms with E-state index < -0.39 is 0 Å². The van der Waals surface area contributed by atoms with Crippen molar-refractivity contribution in [1.82, 2.24) is 0 Å². The minimum absolute atomic E-state index is 0. The maximum atomic E-state index is 11.3. The second-order valence-electron chi connectivity index (χ2n) is 5.97. The third kappa shape index (κ3) is 39.9. The van der Waals surface area contributed by atoms with Crippen molar-refractivity contribution in [1.29, 1.82) is 31.6 Å². The van der Waals surface area contributed by atoms with Crippen LogP contribution in [0.5, 0.6) is 0 Å². The van der Waals surface area contributed by atoms with Crippen molar-refractivity contribution >= 4 is 5.91 Å². The van der Waals surface area contributed by atoms with Crippen molar-refractivity contribution < 1.29 is 26.3 Å². The van der Waals surface area contributed by atoms with Crippen LogP contribution in [0.3, 0.4) is 0 Å². The van der Waals surface area contributed by atoms with Gasteiger partial charge in [0.15, 0.2) is 0 Å². The number of hydrogen-bond donors (Lipinski definition) is 1. The number of quaternary nitrogens is 1. The van der Waals surface area contributed by atoms with Gasteiger partial charge >= 0.3 is 17.1 Å². The van der Waals surface area contributed by atoms with E-state index in [1.54, 1.807) is 0 Å². The number of nitrogens with two attached hydrogens (primary N) is 1. The van der Waals surface area contributed by atoms with Crippen LogP contribution in [0.4, 0.5) is 0 Å². The molecule has 9 nitrogen and oxygen atoms in total. The fourth-order valence-corrected chi connectivity index (χ4v) is 3.22. The first-order chi connectivity index (χ1) is 13.4. The minimum Gasteiger partial charge on any atom is -0.512 e. The van der Waals surface area contributed by atoms with E-state index in [4.69, 9.17) is 76.7 Å². The molecule has 1 aliphatic rings. The second kappa shape index (κ2) is 56.8. The fourth-order valence-electron chi connectivity index (χ4n) is 3.22. The third-order valence-electron chi connectivity index (χ3n) is 4.13. The zero-order valence-electron chi connectivity index (χ0n) is 17.2. The summed E-state index contributed by atoms with van der Waals surface area (Å²) in [5.74, 6) is 1.41. The number of carbonyl (C=O) groups excluding carboxylic acids is 1. The third-order valence-corrected chi connectivity index (χ3v) is 4.13. The molecule has 0 radical (unpaired) electrons. The Kier molecular flexibility index (Phi) is 120. The normalized spacial score (nSPS) is 15.0. The molecule has 0 spiro atoms. The first-order valence-corrected chi connectivity index (χ1v) is 7.85. The molecule has 0 saturated carbocycles. The van der Waals surface area contributed by atoms with Crippen LogP contribution in [0.25, 0.3) is 0 Å². The molecule has 1 aliphatic heterocycles. The average Bonchev–Trinajstić information content (AvgIpc) is 3.08. The van der Waals surface area contributed by atoms with Gasteiger partial charge in [0.2, 0.25) is 5.91 Å². The SMILES string of the molecule is C.C.C.C.CCC(CC1C[N+](C)(C)CC1CC)C(N)=O.[C-]#N.[C-]#N.[C-]#N.[C-]#N.[C-]#N.[C-]#N.[Fe+6]. The van der Waals surface area contributed by atoms with Gasteiger partial charge in [0, 0.05) is 17.8 Å². The first-order valence-electron chi connectivity index (χ1n) is 7.85. The average molecular weight is 503 g/mol. The van der Waals surface area contributed by atoms with Gasteiger partial charge in [0.25, 0.3) is 0 Å². The Morgan fingerprint density at radius 3 is 1.27 bits per heavy atom. The zero-order valence-corrected chi connectivity index (χ0v) is 18.3. The number of primary amides is 1. The molecule has 188 valence electrons. The van der Waals surface area contributed by atoms with E-state index in [-0.39, 0.29) is 58.6 Å². The number of amides is 1. The summed E-state index contributed by atoms with van der Waals surface area (Å²) in [7, 11) is 4.57. The molecule has 1 rings (SSSR count). The molecule has 0 bridgehead atoms. The maximum absolute atomic E-state index is 11.3. The molecule has 10 heteroatoms. The molecule has 0 aromatic rings. The summed E-state index contributed by atoms with van der Waals surface area (Å²) in [4.78, 5) is 11.3. The van der Waals surface area contributed by atoms with Crippen molar-refractivity contribution in [2.45, 2.75) is 62.8 Å². The predicted octanol–water partition coefficient (Wildman–Crippen LogP) is 4.74. The molecule has 1 amide bonds.